The van der Waals surface area contributed by atoms with Crippen LogP contribution in [0.3, 0.4) is 0 Å². The van der Waals surface area contributed by atoms with Gasteiger partial charge in [-0.1, -0.05) is 19.3 Å². The summed E-state index contributed by atoms with van der Waals surface area (Å²) >= 11 is 0. The van der Waals surface area contributed by atoms with Gasteiger partial charge in [0.1, 0.15) is 0 Å². The topological polar surface area (TPSA) is 78.7 Å². The maximum absolute atomic E-state index is 12.1. The van der Waals surface area contributed by atoms with E-state index in [1.807, 2.05) is 11.8 Å². The lowest BCUT2D eigenvalue weighted by molar-refractivity contribution is -0.133. The molecule has 0 bridgehead atoms. The van der Waals surface area contributed by atoms with Gasteiger partial charge in [0.15, 0.2) is 0 Å². The molecule has 2 rings (SSSR count). The van der Waals surface area contributed by atoms with Gasteiger partial charge in [-0.3, -0.25) is 14.5 Å². The molecule has 2 fully saturated rings. The van der Waals surface area contributed by atoms with Crippen molar-refractivity contribution >= 4 is 11.8 Å². The van der Waals surface area contributed by atoms with Gasteiger partial charge in [-0.15, -0.1) is 0 Å². The first-order chi connectivity index (χ1) is 10.5. The van der Waals surface area contributed by atoms with Crippen LogP contribution in [0.15, 0.2) is 0 Å². The molecule has 1 atom stereocenters. The number of carbonyl (C=O) groups is 2. The van der Waals surface area contributed by atoms with E-state index in [1.165, 1.54) is 19.3 Å². The van der Waals surface area contributed by atoms with Crippen molar-refractivity contribution in [3.05, 3.63) is 0 Å². The summed E-state index contributed by atoms with van der Waals surface area (Å²) in [5, 5.41) is 3.15. The molecule has 1 heterocycles. The number of carbonyl (C=O) groups excluding carboxylic acids is 2. The molecule has 22 heavy (non-hydrogen) atoms. The molecular formula is C16H30N4O2. The predicted octanol–water partition coefficient (Wildman–Crippen LogP) is 0.317. The Labute approximate surface area is 133 Å². The minimum Gasteiger partial charge on any atom is -0.352 e. The Morgan fingerprint density at radius 2 is 1.77 bits per heavy atom. The fraction of sp³-hybridized carbons (Fsp3) is 0.875. The summed E-state index contributed by atoms with van der Waals surface area (Å²) < 4.78 is 0. The van der Waals surface area contributed by atoms with E-state index in [0.717, 1.165) is 25.9 Å². The zero-order valence-electron chi connectivity index (χ0n) is 13.7. The fourth-order valence-corrected chi connectivity index (χ4v) is 3.28. The minimum absolute atomic E-state index is 0.0909. The van der Waals surface area contributed by atoms with Crippen LogP contribution < -0.4 is 11.1 Å². The van der Waals surface area contributed by atoms with Gasteiger partial charge in [-0.25, -0.2) is 0 Å². The van der Waals surface area contributed by atoms with Crippen molar-refractivity contribution in [1.82, 2.24) is 15.1 Å². The van der Waals surface area contributed by atoms with Crippen LogP contribution in [0.4, 0.5) is 0 Å². The number of nitrogens with two attached hydrogens (primary N) is 1. The average Bonchev–Trinajstić information content (AvgIpc) is 2.48. The molecule has 1 unspecified atom stereocenters. The van der Waals surface area contributed by atoms with E-state index in [4.69, 9.17) is 5.73 Å². The molecule has 6 heteroatoms. The lowest BCUT2D eigenvalue weighted by Crippen LogP contribution is -2.52. The Hall–Kier alpha value is -1.14. The van der Waals surface area contributed by atoms with Crippen molar-refractivity contribution < 1.29 is 9.59 Å². The molecule has 1 saturated carbocycles. The highest BCUT2D eigenvalue weighted by Gasteiger charge is 2.23. The van der Waals surface area contributed by atoms with Crippen molar-refractivity contribution in [2.45, 2.75) is 57.5 Å². The molecule has 0 aromatic rings. The summed E-state index contributed by atoms with van der Waals surface area (Å²) in [6, 6.07) is 0.280. The molecule has 0 aromatic heterocycles. The molecule has 1 saturated heterocycles. The van der Waals surface area contributed by atoms with Crippen LogP contribution in [0, 0.1) is 0 Å². The minimum atomic E-state index is -0.0909. The maximum atomic E-state index is 12.1. The van der Waals surface area contributed by atoms with Crippen LogP contribution in [0.5, 0.6) is 0 Å². The zero-order chi connectivity index (χ0) is 15.9. The number of amides is 2. The summed E-state index contributed by atoms with van der Waals surface area (Å²) in [7, 11) is 0. The number of nitrogens with zero attached hydrogens (tertiary/aromatic N) is 2. The Bertz CT molecular complexity index is 372. The Kier molecular flexibility index (Phi) is 6.64. The lowest BCUT2D eigenvalue weighted by atomic mass is 9.95. The van der Waals surface area contributed by atoms with E-state index in [0.29, 0.717) is 32.1 Å². The van der Waals surface area contributed by atoms with Gasteiger partial charge in [-0.2, -0.15) is 0 Å². The van der Waals surface area contributed by atoms with E-state index in [-0.39, 0.29) is 17.9 Å². The van der Waals surface area contributed by atoms with Crippen LogP contribution in [0.25, 0.3) is 0 Å². The van der Waals surface area contributed by atoms with Crippen molar-refractivity contribution in [2.75, 3.05) is 32.7 Å². The number of rotatable bonds is 5. The number of nitrogens with one attached hydrogen (secondary N) is 1. The predicted molar refractivity (Wildman–Crippen MR) is 86.3 cm³/mol. The van der Waals surface area contributed by atoms with Gasteiger partial charge in [0.2, 0.25) is 11.8 Å². The molecule has 2 aliphatic rings. The third kappa shape index (κ3) is 5.57. The van der Waals surface area contributed by atoms with Crippen molar-refractivity contribution in [1.29, 1.82) is 0 Å². The van der Waals surface area contributed by atoms with Gasteiger partial charge in [0, 0.05) is 44.7 Å². The first-order valence-corrected chi connectivity index (χ1v) is 8.59. The number of hydrogen-bond acceptors (Lipinski definition) is 4. The molecule has 1 aliphatic heterocycles. The van der Waals surface area contributed by atoms with Crippen LogP contribution in [-0.4, -0.2) is 66.4 Å². The normalized spacial score (nSPS) is 22.4. The van der Waals surface area contributed by atoms with Crippen molar-refractivity contribution in [3.8, 4) is 0 Å². The van der Waals surface area contributed by atoms with Crippen LogP contribution >= 0.6 is 0 Å². The highest BCUT2D eigenvalue weighted by Crippen LogP contribution is 2.17. The largest absolute Gasteiger partial charge is 0.352 e. The van der Waals surface area contributed by atoms with Gasteiger partial charge in [-0.05, 0) is 19.8 Å². The highest BCUT2D eigenvalue weighted by atomic mass is 16.2. The zero-order valence-corrected chi connectivity index (χ0v) is 13.7. The quantitative estimate of drug-likeness (QED) is 0.766. The first kappa shape index (κ1) is 17.2. The van der Waals surface area contributed by atoms with E-state index in [1.54, 1.807) is 0 Å². The van der Waals surface area contributed by atoms with Crippen LogP contribution in [-0.2, 0) is 9.59 Å². The second kappa shape index (κ2) is 8.48. The molecule has 6 nitrogen and oxygen atoms in total. The van der Waals surface area contributed by atoms with Gasteiger partial charge >= 0.3 is 0 Å². The molecule has 3 N–H and O–H groups in total. The summed E-state index contributed by atoms with van der Waals surface area (Å²) in [4.78, 5) is 28.0. The molecule has 126 valence electrons. The summed E-state index contributed by atoms with van der Waals surface area (Å²) in [5.74, 6) is 0.253. The van der Waals surface area contributed by atoms with Gasteiger partial charge in [0.25, 0.3) is 0 Å². The van der Waals surface area contributed by atoms with Crippen LogP contribution in [0.1, 0.15) is 45.4 Å². The van der Waals surface area contributed by atoms with Crippen molar-refractivity contribution in [3.63, 3.8) is 0 Å². The summed E-state index contributed by atoms with van der Waals surface area (Å²) in [6.45, 7) is 5.23. The van der Waals surface area contributed by atoms with E-state index < -0.39 is 0 Å². The third-order valence-corrected chi connectivity index (χ3v) is 4.56. The summed E-state index contributed by atoms with van der Waals surface area (Å²) in [6.07, 6.45) is 6.39. The Morgan fingerprint density at radius 3 is 2.36 bits per heavy atom. The van der Waals surface area contributed by atoms with Gasteiger partial charge in [0.05, 0.1) is 6.54 Å². The van der Waals surface area contributed by atoms with Crippen molar-refractivity contribution in [2.24, 2.45) is 5.73 Å². The third-order valence-electron chi connectivity index (χ3n) is 4.56. The molecular weight excluding hydrogens is 280 g/mol. The number of piperazine rings is 1. The van der Waals surface area contributed by atoms with E-state index in [2.05, 4.69) is 10.2 Å². The fourth-order valence-electron chi connectivity index (χ4n) is 3.28. The SMILES string of the molecule is CC(N)CC(=O)N1CCN(CC(=O)NC2CCCCC2)CC1. The van der Waals surface area contributed by atoms with E-state index in [9.17, 15) is 9.59 Å². The number of hydrogen-bond donors (Lipinski definition) is 2. The molecule has 0 spiro atoms. The highest BCUT2D eigenvalue weighted by molar-refractivity contribution is 5.78. The smallest absolute Gasteiger partial charge is 0.234 e. The maximum Gasteiger partial charge on any atom is 0.234 e. The second-order valence-electron chi connectivity index (χ2n) is 6.74. The monoisotopic (exact) mass is 310 g/mol. The Morgan fingerprint density at radius 1 is 1.14 bits per heavy atom. The lowest BCUT2D eigenvalue weighted by Gasteiger charge is -2.35. The first-order valence-electron chi connectivity index (χ1n) is 8.59. The molecule has 0 radical (unpaired) electrons. The van der Waals surface area contributed by atoms with Crippen LogP contribution in [0.2, 0.25) is 0 Å². The molecule has 1 aliphatic carbocycles. The standard InChI is InChI=1S/C16H30N4O2/c1-13(17)11-16(22)20-9-7-19(8-10-20)12-15(21)18-14-5-3-2-4-6-14/h13-14H,2-12,17H2,1H3,(H,18,21). The summed E-state index contributed by atoms with van der Waals surface area (Å²) in [5.41, 5.74) is 5.67. The second-order valence-corrected chi connectivity index (χ2v) is 6.74. The molecule has 0 aromatic carbocycles. The average molecular weight is 310 g/mol. The van der Waals surface area contributed by atoms with E-state index >= 15 is 0 Å². The van der Waals surface area contributed by atoms with Gasteiger partial charge < -0.3 is 16.0 Å². The molecule has 2 amide bonds. The Balaban J connectivity index is 1.66.